The van der Waals surface area contributed by atoms with Gasteiger partial charge in [0.15, 0.2) is 0 Å². The van der Waals surface area contributed by atoms with Gasteiger partial charge in [0.05, 0.1) is 23.8 Å². The van der Waals surface area contributed by atoms with E-state index < -0.39 is 0 Å². The Bertz CT molecular complexity index is 630. The number of ether oxygens (including phenoxy) is 1. The van der Waals surface area contributed by atoms with E-state index in [-0.39, 0.29) is 5.97 Å². The summed E-state index contributed by atoms with van der Waals surface area (Å²) in [6, 6.07) is 4.13. The molecule has 21 heavy (non-hydrogen) atoms. The van der Waals surface area contributed by atoms with Crippen molar-refractivity contribution >= 4 is 39.3 Å². The van der Waals surface area contributed by atoms with Crippen molar-refractivity contribution in [3.05, 3.63) is 32.8 Å². The Hall–Kier alpha value is -1.53. The van der Waals surface area contributed by atoms with Gasteiger partial charge in [0.25, 0.3) is 0 Å². The molecule has 3 N–H and O–H groups in total. The van der Waals surface area contributed by atoms with Crippen LogP contribution < -0.4 is 11.1 Å². The number of hydrogen-bond acceptors (Lipinski definition) is 6. The van der Waals surface area contributed by atoms with Gasteiger partial charge in [-0.25, -0.2) is 4.79 Å². The van der Waals surface area contributed by atoms with E-state index in [4.69, 9.17) is 10.5 Å². The van der Waals surface area contributed by atoms with Gasteiger partial charge >= 0.3 is 5.97 Å². The van der Waals surface area contributed by atoms with Crippen LogP contribution in [0.1, 0.15) is 45.8 Å². The number of anilines is 2. The molecule has 0 aliphatic heterocycles. The minimum atomic E-state index is -0.314. The lowest BCUT2D eigenvalue weighted by molar-refractivity contribution is 0.0533. The second-order valence-corrected chi connectivity index (χ2v) is 7.07. The zero-order chi connectivity index (χ0) is 14.8. The molecule has 0 atom stereocenters. The van der Waals surface area contributed by atoms with E-state index in [0.29, 0.717) is 23.1 Å². The second kappa shape index (κ2) is 6.07. The van der Waals surface area contributed by atoms with Crippen LogP contribution in [0.5, 0.6) is 0 Å². The van der Waals surface area contributed by atoms with E-state index in [1.807, 2.05) is 6.07 Å². The molecule has 2 aromatic rings. The molecule has 0 radical (unpaired) electrons. The lowest BCUT2D eigenvalue weighted by Gasteiger charge is -2.06. The first kappa shape index (κ1) is 14.4. The average Bonchev–Trinajstić information content (AvgIpc) is 3.05. The van der Waals surface area contributed by atoms with Crippen molar-refractivity contribution in [3.8, 4) is 0 Å². The number of thiophene rings is 2. The molecule has 112 valence electrons. The summed E-state index contributed by atoms with van der Waals surface area (Å²) in [6.45, 7) is 2.94. The summed E-state index contributed by atoms with van der Waals surface area (Å²) < 4.78 is 5.09. The van der Waals surface area contributed by atoms with Gasteiger partial charge in [0.2, 0.25) is 0 Å². The molecule has 1 saturated carbocycles. The summed E-state index contributed by atoms with van der Waals surface area (Å²) in [6.07, 6.45) is 2.30. The molecule has 0 saturated heterocycles. The van der Waals surface area contributed by atoms with Crippen LogP contribution in [-0.4, -0.2) is 12.6 Å². The molecule has 1 aliphatic rings. The van der Waals surface area contributed by atoms with Crippen molar-refractivity contribution in [1.82, 2.24) is 0 Å². The number of carbonyl (C=O) groups is 1. The SMILES string of the molecule is CCOC(=O)c1sc(NCc2cccs2)c(C2CC2)c1N. The van der Waals surface area contributed by atoms with Crippen LogP contribution in [0.3, 0.4) is 0 Å². The van der Waals surface area contributed by atoms with Gasteiger partial charge < -0.3 is 15.8 Å². The molecule has 0 bridgehead atoms. The maximum absolute atomic E-state index is 12.0. The summed E-state index contributed by atoms with van der Waals surface area (Å²) in [5.74, 6) is 0.182. The van der Waals surface area contributed by atoms with Crippen LogP contribution in [0.25, 0.3) is 0 Å². The van der Waals surface area contributed by atoms with E-state index in [0.717, 1.165) is 30.0 Å². The fourth-order valence-electron chi connectivity index (χ4n) is 2.29. The third kappa shape index (κ3) is 3.06. The molecule has 2 aromatic heterocycles. The second-order valence-electron chi connectivity index (χ2n) is 5.02. The third-order valence-electron chi connectivity index (χ3n) is 3.43. The molecule has 2 heterocycles. The number of nitrogens with one attached hydrogen (secondary N) is 1. The van der Waals surface area contributed by atoms with E-state index in [1.165, 1.54) is 16.2 Å². The van der Waals surface area contributed by atoms with Gasteiger partial charge in [0.1, 0.15) is 4.88 Å². The Morgan fingerprint density at radius 3 is 2.95 bits per heavy atom. The molecule has 1 aliphatic carbocycles. The highest BCUT2D eigenvalue weighted by Crippen LogP contribution is 2.51. The largest absolute Gasteiger partial charge is 0.462 e. The Kier molecular flexibility index (Phi) is 4.17. The fraction of sp³-hybridized carbons (Fsp3) is 0.400. The van der Waals surface area contributed by atoms with E-state index >= 15 is 0 Å². The molecular formula is C15H18N2O2S2. The van der Waals surface area contributed by atoms with Gasteiger partial charge in [0, 0.05) is 10.4 Å². The normalized spacial score (nSPS) is 14.1. The summed E-state index contributed by atoms with van der Waals surface area (Å²) in [4.78, 5) is 13.8. The Labute approximate surface area is 131 Å². The number of nitrogen functional groups attached to an aromatic ring is 1. The number of carbonyl (C=O) groups excluding carboxylic acids is 1. The van der Waals surface area contributed by atoms with E-state index in [2.05, 4.69) is 16.8 Å². The van der Waals surface area contributed by atoms with E-state index in [1.54, 1.807) is 18.3 Å². The predicted molar refractivity (Wildman–Crippen MR) is 88.3 cm³/mol. The van der Waals surface area contributed by atoms with Crippen molar-refractivity contribution in [2.24, 2.45) is 0 Å². The molecule has 0 spiro atoms. The highest BCUT2D eigenvalue weighted by molar-refractivity contribution is 7.18. The first-order valence-electron chi connectivity index (χ1n) is 7.06. The maximum Gasteiger partial charge on any atom is 0.350 e. The fourth-order valence-corrected chi connectivity index (χ4v) is 4.04. The van der Waals surface area contributed by atoms with Crippen LogP contribution in [0.4, 0.5) is 10.7 Å². The Balaban J connectivity index is 1.84. The highest BCUT2D eigenvalue weighted by Gasteiger charge is 2.33. The molecular weight excluding hydrogens is 304 g/mol. The van der Waals surface area contributed by atoms with Crippen molar-refractivity contribution in [1.29, 1.82) is 0 Å². The number of esters is 1. The highest BCUT2D eigenvalue weighted by atomic mass is 32.1. The number of hydrogen-bond donors (Lipinski definition) is 2. The summed E-state index contributed by atoms with van der Waals surface area (Å²) in [5, 5.41) is 6.52. The molecule has 3 rings (SSSR count). The van der Waals surface area contributed by atoms with Crippen molar-refractivity contribution in [2.75, 3.05) is 17.7 Å². The minimum Gasteiger partial charge on any atom is -0.462 e. The standard InChI is InChI=1S/C15H18N2O2S2/c1-2-19-15(18)13-12(16)11(9-5-6-9)14(21-13)17-8-10-4-3-7-20-10/h3-4,7,9,17H,2,5-6,8,16H2,1H3. The van der Waals surface area contributed by atoms with Gasteiger partial charge in [-0.1, -0.05) is 6.07 Å². The van der Waals surface area contributed by atoms with Crippen LogP contribution in [-0.2, 0) is 11.3 Å². The maximum atomic E-state index is 12.0. The van der Waals surface area contributed by atoms with Gasteiger partial charge in [-0.2, -0.15) is 0 Å². The van der Waals surface area contributed by atoms with Crippen molar-refractivity contribution in [2.45, 2.75) is 32.2 Å². The predicted octanol–water partition coefficient (Wildman–Crippen LogP) is 4.06. The van der Waals surface area contributed by atoms with Crippen LogP contribution >= 0.6 is 22.7 Å². The first-order valence-corrected chi connectivity index (χ1v) is 8.75. The molecule has 6 heteroatoms. The average molecular weight is 322 g/mol. The number of rotatable bonds is 6. The molecule has 4 nitrogen and oxygen atoms in total. The molecule has 0 amide bonds. The van der Waals surface area contributed by atoms with Gasteiger partial charge in [-0.3, -0.25) is 0 Å². The zero-order valence-electron chi connectivity index (χ0n) is 11.8. The Morgan fingerprint density at radius 2 is 2.33 bits per heavy atom. The molecule has 1 fully saturated rings. The van der Waals surface area contributed by atoms with Crippen LogP contribution in [0.2, 0.25) is 0 Å². The Morgan fingerprint density at radius 1 is 1.52 bits per heavy atom. The summed E-state index contributed by atoms with van der Waals surface area (Å²) in [7, 11) is 0. The summed E-state index contributed by atoms with van der Waals surface area (Å²) in [5.41, 5.74) is 7.91. The zero-order valence-corrected chi connectivity index (χ0v) is 13.5. The van der Waals surface area contributed by atoms with Crippen molar-refractivity contribution < 1.29 is 9.53 Å². The molecule has 0 unspecified atom stereocenters. The lowest BCUT2D eigenvalue weighted by Crippen LogP contribution is -2.05. The minimum absolute atomic E-state index is 0.314. The monoisotopic (exact) mass is 322 g/mol. The smallest absolute Gasteiger partial charge is 0.350 e. The summed E-state index contributed by atoms with van der Waals surface area (Å²) >= 11 is 3.14. The van der Waals surface area contributed by atoms with Crippen LogP contribution in [0, 0.1) is 0 Å². The van der Waals surface area contributed by atoms with Crippen molar-refractivity contribution in [3.63, 3.8) is 0 Å². The first-order chi connectivity index (χ1) is 10.2. The van der Waals surface area contributed by atoms with E-state index in [9.17, 15) is 4.79 Å². The molecule has 0 aromatic carbocycles. The van der Waals surface area contributed by atoms with Gasteiger partial charge in [-0.05, 0) is 37.1 Å². The quantitative estimate of drug-likeness (QED) is 0.787. The number of nitrogens with two attached hydrogens (primary N) is 1. The topological polar surface area (TPSA) is 64.3 Å². The lowest BCUT2D eigenvalue weighted by atomic mass is 10.1. The third-order valence-corrected chi connectivity index (χ3v) is 5.47. The van der Waals surface area contributed by atoms with Gasteiger partial charge in [-0.15, -0.1) is 22.7 Å². The van der Waals surface area contributed by atoms with Crippen LogP contribution in [0.15, 0.2) is 17.5 Å².